The molecular weight excluding hydrogens is 500 g/mol. The minimum absolute atomic E-state index is 0.0903. The molecule has 0 N–H and O–H groups in total. The summed E-state index contributed by atoms with van der Waals surface area (Å²) in [4.78, 5) is 7.34. The first-order valence-electron chi connectivity index (χ1n) is 14.1. The van der Waals surface area contributed by atoms with Gasteiger partial charge in [-0.1, -0.05) is 105 Å². The molecule has 3 nitrogen and oxygen atoms in total. The highest BCUT2D eigenvalue weighted by molar-refractivity contribution is 6.12. The molecule has 1 aliphatic carbocycles. The van der Waals surface area contributed by atoms with Crippen LogP contribution in [0.25, 0.3) is 44.5 Å². The van der Waals surface area contributed by atoms with E-state index in [0.29, 0.717) is 5.89 Å². The fourth-order valence-electron chi connectivity index (χ4n) is 6.46. The van der Waals surface area contributed by atoms with Crippen molar-refractivity contribution in [2.45, 2.75) is 19.3 Å². The highest BCUT2D eigenvalue weighted by Gasteiger charge is 2.35. The normalized spacial score (nSPS) is 13.3. The lowest BCUT2D eigenvalue weighted by Crippen LogP contribution is -2.16. The monoisotopic (exact) mass is 528 g/mol. The first kappa shape index (κ1) is 23.7. The molecule has 8 rings (SSSR count). The van der Waals surface area contributed by atoms with Gasteiger partial charge in [0.1, 0.15) is 5.52 Å². The largest absolute Gasteiger partial charge is 0.435 e. The summed E-state index contributed by atoms with van der Waals surface area (Å²) in [6.07, 6.45) is 0. The molecule has 0 radical (unpaired) electrons. The van der Waals surface area contributed by atoms with Crippen molar-refractivity contribution in [2.75, 3.05) is 4.90 Å². The molecule has 0 amide bonds. The zero-order valence-electron chi connectivity index (χ0n) is 23.0. The second-order valence-corrected chi connectivity index (χ2v) is 11.2. The summed E-state index contributed by atoms with van der Waals surface area (Å²) in [6, 6.07) is 47.1. The Labute approximate surface area is 239 Å². The van der Waals surface area contributed by atoms with Gasteiger partial charge in [0.2, 0.25) is 5.89 Å². The van der Waals surface area contributed by atoms with Crippen molar-refractivity contribution in [2.24, 2.45) is 0 Å². The van der Waals surface area contributed by atoms with Gasteiger partial charge in [0.15, 0.2) is 5.58 Å². The van der Waals surface area contributed by atoms with Gasteiger partial charge in [-0.05, 0) is 64.7 Å². The van der Waals surface area contributed by atoms with Crippen molar-refractivity contribution >= 4 is 38.9 Å². The van der Waals surface area contributed by atoms with Crippen molar-refractivity contribution in [3.63, 3.8) is 0 Å². The molecule has 0 saturated carbocycles. The van der Waals surface area contributed by atoms with Crippen molar-refractivity contribution in [1.82, 2.24) is 4.98 Å². The Morgan fingerprint density at radius 1 is 0.585 bits per heavy atom. The molecule has 1 aliphatic rings. The average molecular weight is 529 g/mol. The van der Waals surface area contributed by atoms with Crippen LogP contribution < -0.4 is 4.90 Å². The maximum Gasteiger partial charge on any atom is 0.227 e. The predicted octanol–water partition coefficient (Wildman–Crippen LogP) is 10.4. The zero-order valence-corrected chi connectivity index (χ0v) is 23.0. The van der Waals surface area contributed by atoms with Crippen molar-refractivity contribution in [3.8, 4) is 22.6 Å². The van der Waals surface area contributed by atoms with E-state index >= 15 is 0 Å². The molecule has 0 saturated heterocycles. The van der Waals surface area contributed by atoms with Crippen LogP contribution >= 0.6 is 0 Å². The Bertz CT molecular complexity index is 2070. The number of benzene rings is 6. The van der Waals surface area contributed by atoms with Crippen molar-refractivity contribution < 1.29 is 4.42 Å². The van der Waals surface area contributed by atoms with Gasteiger partial charge in [-0.25, -0.2) is 4.98 Å². The molecular formula is C38H28N2O. The number of nitrogens with zero attached hydrogens (tertiary/aromatic N) is 2. The fourth-order valence-corrected chi connectivity index (χ4v) is 6.46. The number of fused-ring (bicyclic) bond motifs is 6. The van der Waals surface area contributed by atoms with Crippen LogP contribution in [0.15, 0.2) is 138 Å². The molecule has 41 heavy (non-hydrogen) atoms. The second kappa shape index (κ2) is 8.94. The van der Waals surface area contributed by atoms with Gasteiger partial charge in [-0.3, -0.25) is 0 Å². The molecule has 7 aromatic rings. The van der Waals surface area contributed by atoms with Crippen LogP contribution in [0.1, 0.15) is 25.0 Å². The van der Waals surface area contributed by atoms with Crippen molar-refractivity contribution in [3.05, 3.63) is 145 Å². The summed E-state index contributed by atoms with van der Waals surface area (Å²) in [6.45, 7) is 4.66. The lowest BCUT2D eigenvalue weighted by Gasteiger charge is -2.29. The molecule has 3 heteroatoms. The lowest BCUT2D eigenvalue weighted by molar-refractivity contribution is 0.623. The topological polar surface area (TPSA) is 29.3 Å². The third-order valence-electron chi connectivity index (χ3n) is 8.48. The maximum atomic E-state index is 6.41. The van der Waals surface area contributed by atoms with Crippen molar-refractivity contribution in [1.29, 1.82) is 0 Å². The SMILES string of the molecule is CC1(C)c2ccccc2-c2ccc(N(c3ccccc3)c3cc4nc(-c5ccccc5)oc4c4ccccc34)cc21. The van der Waals surface area contributed by atoms with Crippen LogP contribution in [0.4, 0.5) is 17.1 Å². The number of anilines is 3. The van der Waals surface area contributed by atoms with Gasteiger partial charge in [0.05, 0.1) is 5.69 Å². The molecule has 1 heterocycles. The second-order valence-electron chi connectivity index (χ2n) is 11.2. The molecule has 0 aliphatic heterocycles. The van der Waals surface area contributed by atoms with Crippen LogP contribution in [-0.4, -0.2) is 4.98 Å². The van der Waals surface area contributed by atoms with Crippen LogP contribution in [0.5, 0.6) is 0 Å². The molecule has 0 fully saturated rings. The number of hydrogen-bond donors (Lipinski definition) is 0. The van der Waals surface area contributed by atoms with Gasteiger partial charge in [0.25, 0.3) is 0 Å². The van der Waals surface area contributed by atoms with E-state index in [9.17, 15) is 0 Å². The van der Waals surface area contributed by atoms with E-state index in [1.807, 2.05) is 30.3 Å². The Hall–Kier alpha value is -5.15. The van der Waals surface area contributed by atoms with Crippen LogP contribution in [-0.2, 0) is 5.41 Å². The van der Waals surface area contributed by atoms with E-state index in [1.165, 1.54) is 22.3 Å². The van der Waals surface area contributed by atoms with E-state index in [0.717, 1.165) is 44.5 Å². The molecule has 6 aromatic carbocycles. The number of rotatable bonds is 4. The Morgan fingerprint density at radius 3 is 2.05 bits per heavy atom. The summed E-state index contributed by atoms with van der Waals surface area (Å²) < 4.78 is 6.41. The Morgan fingerprint density at radius 2 is 1.24 bits per heavy atom. The first-order valence-corrected chi connectivity index (χ1v) is 14.1. The number of para-hydroxylation sites is 1. The highest BCUT2D eigenvalue weighted by Crippen LogP contribution is 2.51. The molecule has 196 valence electrons. The molecule has 0 atom stereocenters. The van der Waals surface area contributed by atoms with E-state index in [2.05, 4.69) is 122 Å². The lowest BCUT2D eigenvalue weighted by atomic mass is 9.82. The smallest absolute Gasteiger partial charge is 0.227 e. The first-order chi connectivity index (χ1) is 20.1. The van der Waals surface area contributed by atoms with Gasteiger partial charge < -0.3 is 9.32 Å². The van der Waals surface area contributed by atoms with E-state index in [4.69, 9.17) is 9.40 Å². The summed E-state index contributed by atoms with van der Waals surface area (Å²) in [5.74, 6) is 0.631. The Balaban J connectivity index is 1.38. The summed E-state index contributed by atoms with van der Waals surface area (Å²) in [5, 5.41) is 2.16. The van der Waals surface area contributed by atoms with Crippen LogP contribution in [0, 0.1) is 0 Å². The predicted molar refractivity (Wildman–Crippen MR) is 169 cm³/mol. The van der Waals surface area contributed by atoms with Crippen LogP contribution in [0.2, 0.25) is 0 Å². The standard InChI is InChI=1S/C38H28N2O/c1-38(2)32-20-12-11-17-28(32)29-22-21-27(23-33(29)38)40(26-15-7-4-8-16-26)35-24-34-36(31-19-10-9-18-30(31)35)41-37(39-34)25-13-5-3-6-14-25/h3-24H,1-2H3. The maximum absolute atomic E-state index is 6.41. The molecule has 0 spiro atoms. The number of oxazole rings is 1. The van der Waals surface area contributed by atoms with Crippen LogP contribution in [0.3, 0.4) is 0 Å². The van der Waals surface area contributed by atoms with Gasteiger partial charge in [0, 0.05) is 33.1 Å². The minimum atomic E-state index is -0.0903. The Kier molecular flexibility index (Phi) is 5.17. The van der Waals surface area contributed by atoms with E-state index in [1.54, 1.807) is 0 Å². The van der Waals surface area contributed by atoms with Gasteiger partial charge >= 0.3 is 0 Å². The molecule has 0 bridgehead atoms. The number of hydrogen-bond acceptors (Lipinski definition) is 3. The third kappa shape index (κ3) is 3.63. The minimum Gasteiger partial charge on any atom is -0.435 e. The van der Waals surface area contributed by atoms with E-state index < -0.39 is 0 Å². The average Bonchev–Trinajstić information content (AvgIpc) is 3.56. The summed E-state index contributed by atoms with van der Waals surface area (Å²) >= 11 is 0. The third-order valence-corrected chi connectivity index (χ3v) is 8.48. The fraction of sp³-hybridized carbons (Fsp3) is 0.0789. The van der Waals surface area contributed by atoms with Gasteiger partial charge in [-0.2, -0.15) is 0 Å². The van der Waals surface area contributed by atoms with E-state index in [-0.39, 0.29) is 5.41 Å². The molecule has 1 aromatic heterocycles. The van der Waals surface area contributed by atoms with Gasteiger partial charge in [-0.15, -0.1) is 0 Å². The summed E-state index contributed by atoms with van der Waals surface area (Å²) in [5.41, 5.74) is 11.2. The zero-order chi connectivity index (χ0) is 27.6. The summed E-state index contributed by atoms with van der Waals surface area (Å²) in [7, 11) is 0. The quantitative estimate of drug-likeness (QED) is 0.228. The highest BCUT2D eigenvalue weighted by atomic mass is 16.3. The molecule has 0 unspecified atom stereocenters. The number of aromatic nitrogens is 1.